The minimum Gasteiger partial charge on any atom is -0.482 e. The Bertz CT molecular complexity index is 907. The lowest BCUT2D eigenvalue weighted by Crippen LogP contribution is -2.52. The van der Waals surface area contributed by atoms with Gasteiger partial charge in [-0.1, -0.05) is 36.0 Å². The van der Waals surface area contributed by atoms with Crippen LogP contribution in [0.5, 0.6) is 5.75 Å². The number of nitrogens with zero attached hydrogens (tertiary/aromatic N) is 3. The van der Waals surface area contributed by atoms with Crippen LogP contribution in [0.15, 0.2) is 22.7 Å². The molecule has 0 spiro atoms. The molecule has 9 heteroatoms. The topological polar surface area (TPSA) is 97.6 Å². The van der Waals surface area contributed by atoms with E-state index in [2.05, 4.69) is 15.5 Å². The van der Waals surface area contributed by atoms with Gasteiger partial charge < -0.3 is 14.6 Å². The second kappa shape index (κ2) is 7.43. The summed E-state index contributed by atoms with van der Waals surface area (Å²) in [4.78, 5) is 31.1. The molecule has 0 unspecified atom stereocenters. The van der Waals surface area contributed by atoms with Crippen molar-refractivity contribution in [1.82, 2.24) is 15.5 Å². The largest absolute Gasteiger partial charge is 0.482 e. The number of hydrogen-bond donors (Lipinski definition) is 1. The Morgan fingerprint density at radius 2 is 2.11 bits per heavy atom. The van der Waals surface area contributed by atoms with Crippen LogP contribution in [-0.2, 0) is 15.1 Å². The summed E-state index contributed by atoms with van der Waals surface area (Å²) in [6.45, 7) is 1.48. The lowest BCUT2D eigenvalue weighted by atomic mass is 9.81. The van der Waals surface area contributed by atoms with Crippen LogP contribution in [0, 0.1) is 6.92 Å². The molecule has 1 N–H and O–H groups in total. The van der Waals surface area contributed by atoms with Gasteiger partial charge in [-0.3, -0.25) is 14.5 Å². The number of nitrogens with one attached hydrogen (secondary N) is 1. The number of aryl methyl sites for hydroxylation is 1. The predicted octanol–water partition coefficient (Wildman–Crippen LogP) is 2.73. The SMILES string of the molecule is Cc1nc(C2(NC(=O)CN3C(=O)COc4ccc(Cl)cc43)CCCCC2)no1. The molecular weight excluding hydrogens is 384 g/mol. The molecule has 1 saturated carbocycles. The summed E-state index contributed by atoms with van der Waals surface area (Å²) in [6.07, 6.45) is 4.49. The monoisotopic (exact) mass is 404 g/mol. The van der Waals surface area contributed by atoms with Crippen LogP contribution in [0.2, 0.25) is 5.02 Å². The minimum atomic E-state index is -0.667. The number of hydrogen-bond acceptors (Lipinski definition) is 6. The third-order valence-electron chi connectivity index (χ3n) is 5.21. The minimum absolute atomic E-state index is 0.114. The number of carbonyl (C=O) groups excluding carboxylic acids is 2. The molecule has 1 aliphatic heterocycles. The van der Waals surface area contributed by atoms with E-state index in [0.29, 0.717) is 28.2 Å². The van der Waals surface area contributed by atoms with Crippen molar-refractivity contribution in [3.8, 4) is 5.75 Å². The first-order valence-corrected chi connectivity index (χ1v) is 9.69. The van der Waals surface area contributed by atoms with E-state index in [0.717, 1.165) is 32.1 Å². The van der Waals surface area contributed by atoms with Crippen LogP contribution in [0.3, 0.4) is 0 Å². The highest BCUT2D eigenvalue weighted by molar-refractivity contribution is 6.31. The summed E-state index contributed by atoms with van der Waals surface area (Å²) in [5.74, 6) is 0.900. The third kappa shape index (κ3) is 3.56. The first kappa shape index (κ1) is 18.7. The average molecular weight is 405 g/mol. The van der Waals surface area contributed by atoms with Gasteiger partial charge in [-0.25, -0.2) is 0 Å². The molecule has 1 aromatic carbocycles. The zero-order chi connectivity index (χ0) is 19.7. The maximum Gasteiger partial charge on any atom is 0.265 e. The molecule has 1 aliphatic carbocycles. The Morgan fingerprint density at radius 3 is 2.82 bits per heavy atom. The van der Waals surface area contributed by atoms with Gasteiger partial charge in [0.1, 0.15) is 17.8 Å². The summed E-state index contributed by atoms with van der Waals surface area (Å²) in [5.41, 5.74) is -0.174. The number of ether oxygens (including phenoxy) is 1. The maximum absolute atomic E-state index is 12.9. The summed E-state index contributed by atoms with van der Waals surface area (Å²) < 4.78 is 10.6. The van der Waals surface area contributed by atoms with Crippen molar-refractivity contribution in [2.45, 2.75) is 44.6 Å². The molecule has 2 heterocycles. The second-order valence-electron chi connectivity index (χ2n) is 7.21. The number of carbonyl (C=O) groups is 2. The van der Waals surface area contributed by atoms with Gasteiger partial charge in [-0.05, 0) is 31.0 Å². The third-order valence-corrected chi connectivity index (χ3v) is 5.44. The van der Waals surface area contributed by atoms with E-state index < -0.39 is 5.54 Å². The van der Waals surface area contributed by atoms with Crippen molar-refractivity contribution < 1.29 is 18.8 Å². The van der Waals surface area contributed by atoms with E-state index in [-0.39, 0.29) is 25.0 Å². The summed E-state index contributed by atoms with van der Waals surface area (Å²) in [7, 11) is 0. The van der Waals surface area contributed by atoms with Gasteiger partial charge in [0.2, 0.25) is 11.8 Å². The first-order chi connectivity index (χ1) is 13.5. The van der Waals surface area contributed by atoms with Crippen LogP contribution < -0.4 is 15.0 Å². The summed E-state index contributed by atoms with van der Waals surface area (Å²) >= 11 is 6.07. The van der Waals surface area contributed by atoms with E-state index in [1.807, 2.05) is 0 Å². The van der Waals surface area contributed by atoms with Crippen LogP contribution in [-0.4, -0.2) is 35.1 Å². The lowest BCUT2D eigenvalue weighted by Gasteiger charge is -2.36. The van der Waals surface area contributed by atoms with Crippen LogP contribution in [0.1, 0.15) is 43.8 Å². The molecule has 0 radical (unpaired) electrons. The van der Waals surface area contributed by atoms with Crippen molar-refractivity contribution >= 4 is 29.1 Å². The Labute approximate surface area is 167 Å². The van der Waals surface area contributed by atoms with Gasteiger partial charge in [-0.2, -0.15) is 4.98 Å². The smallest absolute Gasteiger partial charge is 0.265 e. The summed E-state index contributed by atoms with van der Waals surface area (Å²) in [5, 5.41) is 7.61. The predicted molar refractivity (Wildman–Crippen MR) is 101 cm³/mol. The Kier molecular flexibility index (Phi) is 4.97. The second-order valence-corrected chi connectivity index (χ2v) is 7.64. The molecular formula is C19H21ClN4O4. The van der Waals surface area contributed by atoms with Gasteiger partial charge in [0, 0.05) is 11.9 Å². The quantitative estimate of drug-likeness (QED) is 0.841. The van der Waals surface area contributed by atoms with Crippen molar-refractivity contribution in [1.29, 1.82) is 0 Å². The highest BCUT2D eigenvalue weighted by Crippen LogP contribution is 2.37. The first-order valence-electron chi connectivity index (χ1n) is 9.31. The molecule has 2 amide bonds. The molecule has 4 rings (SSSR count). The maximum atomic E-state index is 12.9. The number of fused-ring (bicyclic) bond motifs is 1. The van der Waals surface area contributed by atoms with E-state index >= 15 is 0 Å². The van der Waals surface area contributed by atoms with Crippen molar-refractivity contribution in [2.24, 2.45) is 0 Å². The molecule has 0 saturated heterocycles. The van der Waals surface area contributed by atoms with Gasteiger partial charge in [-0.15, -0.1) is 0 Å². The van der Waals surface area contributed by atoms with Crippen LogP contribution >= 0.6 is 11.6 Å². The molecule has 2 aromatic rings. The Balaban J connectivity index is 1.56. The normalized spacial score (nSPS) is 18.4. The number of aromatic nitrogens is 2. The Hall–Kier alpha value is -2.61. The van der Waals surface area contributed by atoms with E-state index in [4.69, 9.17) is 20.9 Å². The van der Waals surface area contributed by atoms with Crippen LogP contribution in [0.4, 0.5) is 5.69 Å². The molecule has 1 fully saturated rings. The molecule has 148 valence electrons. The number of amides is 2. The van der Waals surface area contributed by atoms with Gasteiger partial charge in [0.25, 0.3) is 5.91 Å². The van der Waals surface area contributed by atoms with E-state index in [1.54, 1.807) is 25.1 Å². The molecule has 28 heavy (non-hydrogen) atoms. The summed E-state index contributed by atoms with van der Waals surface area (Å²) in [6, 6.07) is 5.00. The molecule has 1 aromatic heterocycles. The highest BCUT2D eigenvalue weighted by atomic mass is 35.5. The fourth-order valence-corrected chi connectivity index (χ4v) is 4.02. The van der Waals surface area contributed by atoms with Gasteiger partial charge in [0.15, 0.2) is 12.4 Å². The molecule has 0 atom stereocenters. The average Bonchev–Trinajstić information content (AvgIpc) is 3.12. The fourth-order valence-electron chi connectivity index (χ4n) is 3.85. The fraction of sp³-hybridized carbons (Fsp3) is 0.474. The number of anilines is 1. The van der Waals surface area contributed by atoms with E-state index in [1.165, 1.54) is 4.90 Å². The van der Waals surface area contributed by atoms with Crippen molar-refractivity contribution in [3.63, 3.8) is 0 Å². The Morgan fingerprint density at radius 1 is 1.32 bits per heavy atom. The molecule has 0 bridgehead atoms. The van der Waals surface area contributed by atoms with Crippen molar-refractivity contribution in [2.75, 3.05) is 18.1 Å². The van der Waals surface area contributed by atoms with Gasteiger partial charge >= 0.3 is 0 Å². The van der Waals surface area contributed by atoms with Gasteiger partial charge in [0.05, 0.1) is 5.69 Å². The standard InChI is InChI=1S/C19H21ClN4O4/c1-12-21-18(23-28-12)19(7-3-2-4-8-19)22-16(25)10-24-14-9-13(20)5-6-15(14)27-11-17(24)26/h5-6,9H,2-4,7-8,10-11H2,1H3,(H,22,25). The van der Waals surface area contributed by atoms with E-state index in [9.17, 15) is 9.59 Å². The lowest BCUT2D eigenvalue weighted by molar-refractivity contribution is -0.126. The molecule has 2 aliphatic rings. The zero-order valence-corrected chi connectivity index (χ0v) is 16.3. The number of benzene rings is 1. The highest BCUT2D eigenvalue weighted by Gasteiger charge is 2.40. The zero-order valence-electron chi connectivity index (χ0n) is 15.5. The van der Waals surface area contributed by atoms with Crippen LogP contribution in [0.25, 0.3) is 0 Å². The van der Waals surface area contributed by atoms with Crippen molar-refractivity contribution in [3.05, 3.63) is 34.9 Å². The number of rotatable bonds is 4. The molecule has 8 nitrogen and oxygen atoms in total. The number of halogens is 1.